The molecule has 164 valence electrons. The second-order valence-corrected chi connectivity index (χ2v) is 10.5. The first kappa shape index (κ1) is 22.8. The SMILES string of the molecule is Cc1cc(C#N)cnc1C(=O)Nc1ccc2c(c1)CS(=O)(=O)C(C)(C)C(N)NCOC2. The molecule has 2 heterocycles. The lowest BCUT2D eigenvalue weighted by molar-refractivity contribution is 0.0913. The van der Waals surface area contributed by atoms with E-state index < -0.39 is 26.7 Å². The standard InChI is InChI=1S/C21H25N5O4S/c1-13-6-14(8-22)9-24-18(13)19(27)26-17-5-4-15-10-30-12-25-20(23)21(2,3)31(28,29)11-16(15)7-17/h4-7,9,20,25H,10-12,23H2,1-3H3,(H,26,27). The number of nitrogens with two attached hydrogens (primary N) is 1. The van der Waals surface area contributed by atoms with Crippen LogP contribution in [-0.2, 0) is 26.9 Å². The molecular weight excluding hydrogens is 418 g/mol. The molecule has 31 heavy (non-hydrogen) atoms. The van der Waals surface area contributed by atoms with Crippen LogP contribution in [-0.4, -0.2) is 37.0 Å². The third-order valence-electron chi connectivity index (χ3n) is 5.45. The van der Waals surface area contributed by atoms with Crippen molar-refractivity contribution >= 4 is 21.4 Å². The molecule has 0 spiro atoms. The molecule has 1 amide bonds. The van der Waals surface area contributed by atoms with Crippen LogP contribution in [0.1, 0.15) is 46.6 Å². The number of hydrogen-bond donors (Lipinski definition) is 3. The van der Waals surface area contributed by atoms with E-state index in [0.29, 0.717) is 27.9 Å². The third-order valence-corrected chi connectivity index (χ3v) is 7.99. The molecule has 0 bridgehead atoms. The van der Waals surface area contributed by atoms with E-state index >= 15 is 0 Å². The second kappa shape index (κ2) is 8.72. The normalized spacial score (nSPS) is 20.2. The Kier molecular flexibility index (Phi) is 6.43. The van der Waals surface area contributed by atoms with Crippen molar-refractivity contribution < 1.29 is 17.9 Å². The molecule has 2 aromatic rings. The number of amides is 1. The van der Waals surface area contributed by atoms with Gasteiger partial charge in [-0.25, -0.2) is 13.4 Å². The van der Waals surface area contributed by atoms with Gasteiger partial charge in [-0.2, -0.15) is 5.26 Å². The van der Waals surface area contributed by atoms with E-state index in [4.69, 9.17) is 15.7 Å². The van der Waals surface area contributed by atoms with Gasteiger partial charge in [-0.1, -0.05) is 6.07 Å². The van der Waals surface area contributed by atoms with Crippen LogP contribution in [0.15, 0.2) is 30.5 Å². The highest BCUT2D eigenvalue weighted by Gasteiger charge is 2.40. The lowest BCUT2D eigenvalue weighted by atomic mass is 10.1. The van der Waals surface area contributed by atoms with Crippen molar-refractivity contribution in [1.29, 1.82) is 5.26 Å². The average Bonchev–Trinajstić information content (AvgIpc) is 2.70. The van der Waals surface area contributed by atoms with Gasteiger partial charge in [0.05, 0.1) is 35.6 Å². The number of carbonyl (C=O) groups excluding carboxylic acids is 1. The van der Waals surface area contributed by atoms with Crippen LogP contribution in [0.5, 0.6) is 0 Å². The van der Waals surface area contributed by atoms with Crippen LogP contribution in [0, 0.1) is 18.3 Å². The Balaban J connectivity index is 1.92. The van der Waals surface area contributed by atoms with Crippen molar-refractivity contribution in [2.45, 2.75) is 44.0 Å². The number of aromatic nitrogens is 1. The zero-order valence-corrected chi connectivity index (χ0v) is 18.4. The maximum atomic E-state index is 13.1. The fourth-order valence-electron chi connectivity index (χ4n) is 3.18. The summed E-state index contributed by atoms with van der Waals surface area (Å²) in [6.07, 6.45) is 0.533. The number of benzene rings is 1. The van der Waals surface area contributed by atoms with Crippen LogP contribution < -0.4 is 16.4 Å². The van der Waals surface area contributed by atoms with Gasteiger partial charge < -0.3 is 15.8 Å². The van der Waals surface area contributed by atoms with Crippen molar-refractivity contribution in [2.24, 2.45) is 5.73 Å². The van der Waals surface area contributed by atoms with Crippen molar-refractivity contribution in [3.63, 3.8) is 0 Å². The Morgan fingerprint density at radius 1 is 1.35 bits per heavy atom. The average molecular weight is 444 g/mol. The second-order valence-electron chi connectivity index (χ2n) is 7.98. The van der Waals surface area contributed by atoms with Gasteiger partial charge in [-0.15, -0.1) is 0 Å². The van der Waals surface area contributed by atoms with Gasteiger partial charge in [0.25, 0.3) is 5.91 Å². The number of nitriles is 1. The minimum absolute atomic E-state index is 0.113. The third kappa shape index (κ3) is 4.75. The number of nitrogens with zero attached hydrogens (tertiary/aromatic N) is 2. The van der Waals surface area contributed by atoms with Gasteiger partial charge in [0.1, 0.15) is 11.8 Å². The number of nitrogens with one attached hydrogen (secondary N) is 2. The van der Waals surface area contributed by atoms with Crippen LogP contribution >= 0.6 is 0 Å². The number of ether oxygens (including phenoxy) is 1. The summed E-state index contributed by atoms with van der Waals surface area (Å²) in [6, 6.07) is 8.60. The number of pyridine rings is 1. The van der Waals surface area contributed by atoms with Crippen molar-refractivity contribution in [3.05, 3.63) is 58.4 Å². The molecule has 4 N–H and O–H groups in total. The molecule has 10 heteroatoms. The Labute approximate surface area is 181 Å². The highest BCUT2D eigenvalue weighted by atomic mass is 32.2. The van der Waals surface area contributed by atoms with Gasteiger partial charge in [0.2, 0.25) is 0 Å². The van der Waals surface area contributed by atoms with Crippen LogP contribution in [0.25, 0.3) is 0 Å². The maximum absolute atomic E-state index is 13.1. The van der Waals surface area contributed by atoms with Crippen LogP contribution in [0.4, 0.5) is 5.69 Å². The monoisotopic (exact) mass is 443 g/mol. The molecule has 0 radical (unpaired) electrons. The quantitative estimate of drug-likeness (QED) is 0.634. The van der Waals surface area contributed by atoms with Gasteiger partial charge >= 0.3 is 0 Å². The van der Waals surface area contributed by atoms with Crippen LogP contribution in [0.2, 0.25) is 0 Å². The number of fused-ring (bicyclic) bond motifs is 1. The summed E-state index contributed by atoms with van der Waals surface area (Å²) in [6.45, 7) is 5.16. The van der Waals surface area contributed by atoms with Crippen molar-refractivity contribution in [1.82, 2.24) is 10.3 Å². The number of hydrogen-bond acceptors (Lipinski definition) is 8. The summed E-state index contributed by atoms with van der Waals surface area (Å²) in [5, 5.41) is 14.6. The summed E-state index contributed by atoms with van der Waals surface area (Å²) in [5.41, 5.74) is 8.83. The summed E-state index contributed by atoms with van der Waals surface area (Å²) < 4.78 is 30.5. The van der Waals surface area contributed by atoms with Crippen molar-refractivity contribution in [2.75, 3.05) is 12.0 Å². The molecule has 0 saturated heterocycles. The first-order valence-electron chi connectivity index (χ1n) is 9.64. The Morgan fingerprint density at radius 2 is 2.10 bits per heavy atom. The van der Waals surface area contributed by atoms with E-state index in [1.165, 1.54) is 6.20 Å². The fourth-order valence-corrected chi connectivity index (χ4v) is 4.70. The van der Waals surface area contributed by atoms with Crippen molar-refractivity contribution in [3.8, 4) is 6.07 Å². The number of aryl methyl sites for hydroxylation is 1. The molecule has 9 nitrogen and oxygen atoms in total. The molecule has 1 aromatic carbocycles. The molecule has 0 fully saturated rings. The lowest BCUT2D eigenvalue weighted by Gasteiger charge is -2.33. The molecule has 1 atom stereocenters. The minimum atomic E-state index is -3.63. The molecule has 1 aliphatic rings. The summed E-state index contributed by atoms with van der Waals surface area (Å²) in [5.74, 6) is -0.696. The molecule has 1 aromatic heterocycles. The van der Waals surface area contributed by atoms with Gasteiger partial charge in [-0.3, -0.25) is 10.1 Å². The predicted octanol–water partition coefficient (Wildman–Crippen LogP) is 1.57. The molecular formula is C21H25N5O4S. The topological polar surface area (TPSA) is 147 Å². The van der Waals surface area contributed by atoms with E-state index in [0.717, 1.165) is 0 Å². The first-order chi connectivity index (χ1) is 14.5. The van der Waals surface area contributed by atoms with E-state index in [2.05, 4.69) is 15.6 Å². The highest BCUT2D eigenvalue weighted by Crippen LogP contribution is 2.28. The Morgan fingerprint density at radius 3 is 2.77 bits per heavy atom. The largest absolute Gasteiger partial charge is 0.362 e. The number of sulfone groups is 1. The Hall–Kier alpha value is -2.84. The number of anilines is 1. The molecule has 3 rings (SSSR count). The predicted molar refractivity (Wildman–Crippen MR) is 116 cm³/mol. The van der Waals surface area contributed by atoms with Gasteiger partial charge in [0, 0.05) is 11.9 Å². The summed E-state index contributed by atoms with van der Waals surface area (Å²) in [7, 11) is -3.63. The smallest absolute Gasteiger partial charge is 0.274 e. The number of carbonyl (C=O) groups is 1. The van der Waals surface area contributed by atoms with E-state index in [1.807, 2.05) is 6.07 Å². The minimum Gasteiger partial charge on any atom is -0.362 e. The maximum Gasteiger partial charge on any atom is 0.274 e. The van der Waals surface area contributed by atoms with E-state index in [9.17, 15) is 13.2 Å². The number of rotatable bonds is 2. The lowest BCUT2D eigenvalue weighted by Crippen LogP contribution is -2.58. The molecule has 0 saturated carbocycles. The summed E-state index contributed by atoms with van der Waals surface area (Å²) in [4.78, 5) is 16.7. The zero-order valence-electron chi connectivity index (χ0n) is 17.6. The molecule has 0 aliphatic carbocycles. The van der Waals surface area contributed by atoms with Crippen LogP contribution in [0.3, 0.4) is 0 Å². The summed E-state index contributed by atoms with van der Waals surface area (Å²) >= 11 is 0. The first-order valence-corrected chi connectivity index (χ1v) is 11.3. The van der Waals surface area contributed by atoms with Gasteiger partial charge in [0.15, 0.2) is 9.84 Å². The molecule has 1 unspecified atom stereocenters. The zero-order chi connectivity index (χ0) is 22.8. The Bertz CT molecular complexity index is 1150. The van der Waals surface area contributed by atoms with E-state index in [1.54, 1.807) is 45.0 Å². The van der Waals surface area contributed by atoms with Gasteiger partial charge in [-0.05, 0) is 55.7 Å². The highest BCUT2D eigenvalue weighted by molar-refractivity contribution is 7.92. The van der Waals surface area contributed by atoms with E-state index in [-0.39, 0.29) is 24.8 Å². The fraction of sp³-hybridized carbons (Fsp3) is 0.381. The molecule has 1 aliphatic heterocycles.